The molecule has 2 aromatic carbocycles. The van der Waals surface area contributed by atoms with Gasteiger partial charge in [0.05, 0.1) is 17.0 Å². The number of nitrogens with zero attached hydrogens (tertiary/aromatic N) is 2. The second-order valence-corrected chi connectivity index (χ2v) is 8.77. The zero-order valence-corrected chi connectivity index (χ0v) is 17.5. The monoisotopic (exact) mass is 430 g/mol. The summed E-state index contributed by atoms with van der Waals surface area (Å²) in [5, 5.41) is -0.565. The molecule has 0 N–H and O–H groups in total. The van der Waals surface area contributed by atoms with Crippen molar-refractivity contribution in [1.29, 1.82) is 0 Å². The van der Waals surface area contributed by atoms with E-state index in [-0.39, 0.29) is 16.5 Å². The number of carbonyl (C=O) groups is 1. The molecule has 3 rings (SSSR count). The van der Waals surface area contributed by atoms with Crippen LogP contribution in [0.3, 0.4) is 0 Å². The number of hydrogen-bond acceptors (Lipinski definition) is 6. The summed E-state index contributed by atoms with van der Waals surface area (Å²) in [5.41, 5.74) is 2.40. The van der Waals surface area contributed by atoms with Crippen LogP contribution in [0.25, 0.3) is 0 Å². The summed E-state index contributed by atoms with van der Waals surface area (Å²) in [4.78, 5) is 20.2. The lowest BCUT2D eigenvalue weighted by Crippen LogP contribution is -2.16. The number of benzene rings is 2. The summed E-state index contributed by atoms with van der Waals surface area (Å²) in [6.07, 6.45) is 1.95. The summed E-state index contributed by atoms with van der Waals surface area (Å²) in [7, 11) is -3.87. The molecule has 0 fully saturated rings. The van der Waals surface area contributed by atoms with Crippen molar-refractivity contribution in [2.24, 2.45) is 0 Å². The number of aromatic nitrogens is 2. The van der Waals surface area contributed by atoms with E-state index in [0.717, 1.165) is 23.7 Å². The number of sulfone groups is 1. The Morgan fingerprint density at radius 3 is 2.28 bits per heavy atom. The molecular formula is C21H19ClN2O4S. The number of esters is 1. The molecule has 0 radical (unpaired) electrons. The normalized spacial score (nSPS) is 11.3. The molecule has 0 aliphatic heterocycles. The number of rotatable bonds is 6. The van der Waals surface area contributed by atoms with Crippen molar-refractivity contribution in [2.45, 2.75) is 31.2 Å². The van der Waals surface area contributed by atoms with Gasteiger partial charge in [-0.3, -0.25) is 0 Å². The van der Waals surface area contributed by atoms with Crippen molar-refractivity contribution in [3.8, 4) is 5.75 Å². The van der Waals surface area contributed by atoms with E-state index in [1.807, 2.05) is 38.1 Å². The molecule has 0 saturated carbocycles. The lowest BCUT2D eigenvalue weighted by Gasteiger charge is -2.08. The zero-order valence-electron chi connectivity index (χ0n) is 15.9. The molecule has 0 spiro atoms. The van der Waals surface area contributed by atoms with E-state index >= 15 is 0 Å². The van der Waals surface area contributed by atoms with Gasteiger partial charge in [-0.1, -0.05) is 60.5 Å². The van der Waals surface area contributed by atoms with Gasteiger partial charge in [-0.15, -0.1) is 0 Å². The van der Waals surface area contributed by atoms with Gasteiger partial charge in [0.1, 0.15) is 5.75 Å². The minimum atomic E-state index is -3.87. The first-order valence-electron chi connectivity index (χ1n) is 8.90. The van der Waals surface area contributed by atoms with E-state index in [9.17, 15) is 13.2 Å². The fourth-order valence-corrected chi connectivity index (χ4v) is 3.93. The molecule has 0 amide bonds. The Morgan fingerprint density at radius 2 is 1.66 bits per heavy atom. The highest BCUT2D eigenvalue weighted by Gasteiger charge is 2.24. The summed E-state index contributed by atoms with van der Waals surface area (Å²) < 4.78 is 30.6. The highest BCUT2D eigenvalue weighted by Crippen LogP contribution is 2.20. The minimum Gasteiger partial charge on any atom is -0.422 e. The number of halogens is 1. The fourth-order valence-electron chi connectivity index (χ4n) is 2.56. The number of hydrogen-bond donors (Lipinski definition) is 0. The van der Waals surface area contributed by atoms with E-state index in [1.165, 1.54) is 0 Å². The number of ether oxygens (including phenoxy) is 1. The molecule has 1 aromatic heterocycles. The summed E-state index contributed by atoms with van der Waals surface area (Å²) in [5.74, 6) is -0.832. The van der Waals surface area contributed by atoms with E-state index in [0.29, 0.717) is 11.3 Å². The second-order valence-electron chi connectivity index (χ2n) is 6.48. The molecule has 0 atom stereocenters. The number of carbonyl (C=O) groups excluding carboxylic acids is 1. The molecule has 0 aliphatic rings. The van der Waals surface area contributed by atoms with Crippen LogP contribution in [0.1, 0.15) is 34.1 Å². The van der Waals surface area contributed by atoms with E-state index < -0.39 is 21.0 Å². The standard InChI is InChI=1S/C21H19ClN2O4S/c1-3-15-8-10-17(11-9-15)28-20(25)19-18(22)12-23-21(24-19)29(26,27)13-16-6-4-14(2)5-7-16/h4-12H,3,13H2,1-2H3. The van der Waals surface area contributed by atoms with Crippen LogP contribution in [-0.4, -0.2) is 24.4 Å². The van der Waals surface area contributed by atoms with Crippen LogP contribution in [0.15, 0.2) is 59.9 Å². The Balaban J connectivity index is 1.84. The molecule has 8 heteroatoms. The third-order valence-corrected chi connectivity index (χ3v) is 5.96. The predicted molar refractivity (Wildman–Crippen MR) is 110 cm³/mol. The van der Waals surface area contributed by atoms with E-state index in [2.05, 4.69) is 9.97 Å². The molecule has 0 aliphatic carbocycles. The number of aryl methyl sites for hydroxylation is 2. The molecule has 0 unspecified atom stereocenters. The SMILES string of the molecule is CCc1ccc(OC(=O)c2nc(S(=O)(=O)Cc3ccc(C)cc3)ncc2Cl)cc1. The van der Waals surface area contributed by atoms with Crippen LogP contribution < -0.4 is 4.74 Å². The predicted octanol–water partition coefficient (Wildman–Crippen LogP) is 4.19. The molecule has 3 aromatic rings. The van der Waals surface area contributed by atoms with Crippen LogP contribution in [0.2, 0.25) is 5.02 Å². The van der Waals surface area contributed by atoms with Crippen LogP contribution in [0.5, 0.6) is 5.75 Å². The molecule has 6 nitrogen and oxygen atoms in total. The van der Waals surface area contributed by atoms with Gasteiger partial charge in [-0.05, 0) is 36.6 Å². The maximum absolute atomic E-state index is 12.7. The van der Waals surface area contributed by atoms with Crippen LogP contribution >= 0.6 is 11.6 Å². The van der Waals surface area contributed by atoms with Crippen LogP contribution in [0, 0.1) is 6.92 Å². The molecular weight excluding hydrogens is 412 g/mol. The Labute approximate surface area is 174 Å². The Bertz CT molecular complexity index is 1130. The van der Waals surface area contributed by atoms with E-state index in [4.69, 9.17) is 16.3 Å². The first-order chi connectivity index (χ1) is 13.8. The van der Waals surface area contributed by atoms with Crippen molar-refractivity contribution in [3.63, 3.8) is 0 Å². The van der Waals surface area contributed by atoms with Gasteiger partial charge in [0.2, 0.25) is 15.0 Å². The first-order valence-corrected chi connectivity index (χ1v) is 10.9. The zero-order chi connectivity index (χ0) is 21.0. The minimum absolute atomic E-state index is 0.0885. The lowest BCUT2D eigenvalue weighted by atomic mass is 10.2. The first kappa shape index (κ1) is 21.0. The van der Waals surface area contributed by atoms with Crippen LogP contribution in [0.4, 0.5) is 0 Å². The molecule has 1 heterocycles. The highest BCUT2D eigenvalue weighted by molar-refractivity contribution is 7.90. The van der Waals surface area contributed by atoms with Crippen molar-refractivity contribution < 1.29 is 17.9 Å². The fraction of sp³-hybridized carbons (Fsp3) is 0.190. The topological polar surface area (TPSA) is 86.2 Å². The van der Waals surface area contributed by atoms with Gasteiger partial charge in [0.15, 0.2) is 5.69 Å². The second kappa shape index (κ2) is 8.71. The maximum atomic E-state index is 12.7. The molecule has 29 heavy (non-hydrogen) atoms. The Kier molecular flexibility index (Phi) is 6.30. The average molecular weight is 431 g/mol. The summed E-state index contributed by atoms with van der Waals surface area (Å²) in [6.45, 7) is 3.93. The van der Waals surface area contributed by atoms with Crippen LogP contribution in [-0.2, 0) is 22.0 Å². The Hall–Kier alpha value is -2.77. The van der Waals surface area contributed by atoms with Crippen molar-refractivity contribution in [2.75, 3.05) is 0 Å². The summed E-state index contributed by atoms with van der Waals surface area (Å²) in [6, 6.07) is 14.1. The van der Waals surface area contributed by atoms with Gasteiger partial charge in [-0.25, -0.2) is 23.2 Å². The maximum Gasteiger partial charge on any atom is 0.364 e. The summed E-state index contributed by atoms with van der Waals surface area (Å²) >= 11 is 6.01. The molecule has 150 valence electrons. The van der Waals surface area contributed by atoms with Crippen molar-refractivity contribution in [3.05, 3.63) is 82.1 Å². The lowest BCUT2D eigenvalue weighted by molar-refractivity contribution is 0.0727. The van der Waals surface area contributed by atoms with Crippen molar-refractivity contribution in [1.82, 2.24) is 9.97 Å². The Morgan fingerprint density at radius 1 is 1.03 bits per heavy atom. The van der Waals surface area contributed by atoms with Gasteiger partial charge >= 0.3 is 5.97 Å². The van der Waals surface area contributed by atoms with Gasteiger partial charge in [0.25, 0.3) is 0 Å². The van der Waals surface area contributed by atoms with Gasteiger partial charge < -0.3 is 4.74 Å². The quantitative estimate of drug-likeness (QED) is 0.331. The van der Waals surface area contributed by atoms with Gasteiger partial charge in [-0.2, -0.15) is 0 Å². The third kappa shape index (κ3) is 5.19. The van der Waals surface area contributed by atoms with Gasteiger partial charge in [0, 0.05) is 0 Å². The average Bonchev–Trinajstić information content (AvgIpc) is 2.70. The largest absolute Gasteiger partial charge is 0.422 e. The molecule has 0 saturated heterocycles. The smallest absolute Gasteiger partial charge is 0.364 e. The third-order valence-electron chi connectivity index (χ3n) is 4.21. The molecule has 0 bridgehead atoms. The van der Waals surface area contributed by atoms with Crippen molar-refractivity contribution >= 4 is 27.4 Å². The highest BCUT2D eigenvalue weighted by atomic mass is 35.5. The van der Waals surface area contributed by atoms with E-state index in [1.54, 1.807) is 24.3 Å².